The number of likely N-dealkylation sites (N-methyl/N-ethyl adjacent to an activating group) is 1. The first-order chi connectivity index (χ1) is 10.0. The Balaban J connectivity index is 2.24. The van der Waals surface area contributed by atoms with Crippen molar-refractivity contribution in [3.63, 3.8) is 0 Å². The molecule has 0 bridgehead atoms. The topological polar surface area (TPSA) is 47.7 Å². The van der Waals surface area contributed by atoms with Crippen LogP contribution in [0.1, 0.15) is 38.8 Å². The van der Waals surface area contributed by atoms with Crippen LogP contribution in [-0.4, -0.2) is 37.7 Å². The van der Waals surface area contributed by atoms with Crippen LogP contribution in [0.4, 0.5) is 0 Å². The van der Waals surface area contributed by atoms with Gasteiger partial charge in [0, 0.05) is 25.0 Å². The van der Waals surface area contributed by atoms with Crippen LogP contribution < -0.4 is 15.2 Å². The van der Waals surface area contributed by atoms with Gasteiger partial charge in [0.05, 0.1) is 13.2 Å². The van der Waals surface area contributed by atoms with Crippen LogP contribution in [0.2, 0.25) is 0 Å². The van der Waals surface area contributed by atoms with Gasteiger partial charge in [-0.05, 0) is 37.6 Å². The maximum atomic E-state index is 6.04. The van der Waals surface area contributed by atoms with E-state index < -0.39 is 0 Å². The lowest BCUT2D eigenvalue weighted by atomic mass is 9.99. The summed E-state index contributed by atoms with van der Waals surface area (Å²) in [5, 5.41) is 0. The van der Waals surface area contributed by atoms with Crippen molar-refractivity contribution in [2.24, 2.45) is 11.7 Å². The van der Waals surface area contributed by atoms with Gasteiger partial charge >= 0.3 is 0 Å². The molecule has 0 fully saturated rings. The van der Waals surface area contributed by atoms with Crippen molar-refractivity contribution in [3.05, 3.63) is 23.8 Å². The Kier molecular flexibility index (Phi) is 5.48. The molecule has 0 aliphatic carbocycles. The SMILES string of the molecule is CC(C)C(C)N(C)C(CN)c1ccc2c(c1)OCCCO2. The Labute approximate surface area is 128 Å². The zero-order valence-corrected chi connectivity index (χ0v) is 13.6. The largest absolute Gasteiger partial charge is 0.490 e. The summed E-state index contributed by atoms with van der Waals surface area (Å²) >= 11 is 0. The summed E-state index contributed by atoms with van der Waals surface area (Å²) < 4.78 is 11.5. The molecule has 1 aromatic rings. The van der Waals surface area contributed by atoms with E-state index in [0.717, 1.165) is 24.5 Å². The molecule has 0 spiro atoms. The third-order valence-electron chi connectivity index (χ3n) is 4.48. The summed E-state index contributed by atoms with van der Waals surface area (Å²) in [7, 11) is 2.14. The van der Waals surface area contributed by atoms with Crippen molar-refractivity contribution in [1.29, 1.82) is 0 Å². The van der Waals surface area contributed by atoms with Gasteiger partial charge in [-0.1, -0.05) is 19.9 Å². The second-order valence-electron chi connectivity index (χ2n) is 6.16. The van der Waals surface area contributed by atoms with Crippen LogP contribution >= 0.6 is 0 Å². The van der Waals surface area contributed by atoms with Crippen molar-refractivity contribution in [3.8, 4) is 11.5 Å². The smallest absolute Gasteiger partial charge is 0.161 e. The quantitative estimate of drug-likeness (QED) is 0.906. The van der Waals surface area contributed by atoms with Crippen LogP contribution in [0.15, 0.2) is 18.2 Å². The zero-order chi connectivity index (χ0) is 15.4. The molecule has 4 nitrogen and oxygen atoms in total. The molecule has 0 saturated heterocycles. The van der Waals surface area contributed by atoms with Crippen LogP contribution in [0.25, 0.3) is 0 Å². The number of ether oxygens (including phenoxy) is 2. The molecule has 4 heteroatoms. The van der Waals surface area contributed by atoms with Gasteiger partial charge in [0.15, 0.2) is 11.5 Å². The average molecular weight is 292 g/mol. The number of rotatable bonds is 5. The van der Waals surface area contributed by atoms with Crippen molar-refractivity contribution in [1.82, 2.24) is 4.90 Å². The van der Waals surface area contributed by atoms with E-state index in [0.29, 0.717) is 25.1 Å². The van der Waals surface area contributed by atoms with E-state index in [4.69, 9.17) is 15.2 Å². The third kappa shape index (κ3) is 3.69. The van der Waals surface area contributed by atoms with Gasteiger partial charge in [-0.25, -0.2) is 0 Å². The monoisotopic (exact) mass is 292 g/mol. The van der Waals surface area contributed by atoms with Gasteiger partial charge in [0.2, 0.25) is 0 Å². The Morgan fingerprint density at radius 2 is 1.81 bits per heavy atom. The lowest BCUT2D eigenvalue weighted by Gasteiger charge is -2.35. The molecule has 1 heterocycles. The third-order valence-corrected chi connectivity index (χ3v) is 4.48. The Bertz CT molecular complexity index is 462. The van der Waals surface area contributed by atoms with E-state index >= 15 is 0 Å². The molecule has 1 aromatic carbocycles. The highest BCUT2D eigenvalue weighted by atomic mass is 16.5. The highest BCUT2D eigenvalue weighted by Gasteiger charge is 2.23. The van der Waals surface area contributed by atoms with Gasteiger partial charge in [0.25, 0.3) is 0 Å². The lowest BCUT2D eigenvalue weighted by molar-refractivity contribution is 0.151. The van der Waals surface area contributed by atoms with Crippen LogP contribution in [-0.2, 0) is 0 Å². The molecular weight excluding hydrogens is 264 g/mol. The van der Waals surface area contributed by atoms with Crippen LogP contribution in [0, 0.1) is 5.92 Å². The summed E-state index contributed by atoms with van der Waals surface area (Å²) in [5.74, 6) is 2.27. The summed E-state index contributed by atoms with van der Waals surface area (Å²) in [4.78, 5) is 2.35. The fraction of sp³-hybridized carbons (Fsp3) is 0.647. The molecule has 2 N–H and O–H groups in total. The molecule has 0 amide bonds. The Morgan fingerprint density at radius 3 is 2.43 bits per heavy atom. The molecule has 2 rings (SSSR count). The summed E-state index contributed by atoms with van der Waals surface area (Å²) in [5.41, 5.74) is 7.23. The minimum absolute atomic E-state index is 0.194. The van der Waals surface area contributed by atoms with Crippen molar-refractivity contribution >= 4 is 0 Å². The lowest BCUT2D eigenvalue weighted by Crippen LogP contribution is -2.39. The highest BCUT2D eigenvalue weighted by Crippen LogP contribution is 2.34. The maximum Gasteiger partial charge on any atom is 0.161 e. The van der Waals surface area contributed by atoms with E-state index in [1.54, 1.807) is 0 Å². The molecule has 21 heavy (non-hydrogen) atoms. The summed E-state index contributed by atoms with van der Waals surface area (Å²) in [6, 6.07) is 6.86. The number of nitrogens with zero attached hydrogens (tertiary/aromatic N) is 1. The van der Waals surface area contributed by atoms with E-state index in [9.17, 15) is 0 Å². The minimum Gasteiger partial charge on any atom is -0.490 e. The van der Waals surface area contributed by atoms with Crippen LogP contribution in [0.3, 0.4) is 0 Å². The minimum atomic E-state index is 0.194. The van der Waals surface area contributed by atoms with Gasteiger partial charge in [-0.15, -0.1) is 0 Å². The molecule has 1 aliphatic heterocycles. The number of benzene rings is 1. The van der Waals surface area contributed by atoms with E-state index in [-0.39, 0.29) is 6.04 Å². The van der Waals surface area contributed by atoms with Gasteiger partial charge in [-0.3, -0.25) is 4.90 Å². The normalized spacial score (nSPS) is 17.7. The number of hydrogen-bond donors (Lipinski definition) is 1. The number of fused-ring (bicyclic) bond motifs is 1. The fourth-order valence-corrected chi connectivity index (χ4v) is 2.68. The second-order valence-corrected chi connectivity index (χ2v) is 6.16. The predicted molar refractivity (Wildman–Crippen MR) is 85.9 cm³/mol. The predicted octanol–water partition coefficient (Wildman–Crippen LogP) is 2.82. The molecule has 2 unspecified atom stereocenters. The second kappa shape index (κ2) is 7.14. The molecular formula is C17H28N2O2. The van der Waals surface area contributed by atoms with Crippen LogP contribution in [0.5, 0.6) is 11.5 Å². The standard InChI is InChI=1S/C17H28N2O2/c1-12(2)13(3)19(4)15(11-18)14-6-7-16-17(10-14)21-9-5-8-20-16/h6-7,10,12-13,15H,5,8-9,11,18H2,1-4H3. The molecule has 118 valence electrons. The summed E-state index contributed by atoms with van der Waals surface area (Å²) in [6.07, 6.45) is 0.925. The summed E-state index contributed by atoms with van der Waals surface area (Å²) in [6.45, 7) is 8.74. The van der Waals surface area contributed by atoms with Crippen molar-refractivity contribution in [2.75, 3.05) is 26.8 Å². The van der Waals surface area contributed by atoms with Crippen molar-refractivity contribution < 1.29 is 9.47 Å². The average Bonchev–Trinajstić information content (AvgIpc) is 2.71. The van der Waals surface area contributed by atoms with E-state index in [2.05, 4.69) is 44.9 Å². The van der Waals surface area contributed by atoms with Gasteiger partial charge in [0.1, 0.15) is 0 Å². The molecule has 2 atom stereocenters. The number of nitrogens with two attached hydrogens (primary N) is 1. The first-order valence-corrected chi connectivity index (χ1v) is 7.86. The molecule has 0 saturated carbocycles. The van der Waals surface area contributed by atoms with Crippen molar-refractivity contribution in [2.45, 2.75) is 39.3 Å². The maximum absolute atomic E-state index is 6.04. The Hall–Kier alpha value is -1.26. The molecule has 1 aliphatic rings. The first kappa shape index (κ1) is 16.1. The van der Waals surface area contributed by atoms with E-state index in [1.807, 2.05) is 6.07 Å². The highest BCUT2D eigenvalue weighted by molar-refractivity contribution is 5.44. The van der Waals surface area contributed by atoms with Gasteiger partial charge in [-0.2, -0.15) is 0 Å². The fourth-order valence-electron chi connectivity index (χ4n) is 2.68. The Morgan fingerprint density at radius 1 is 1.14 bits per heavy atom. The number of hydrogen-bond acceptors (Lipinski definition) is 4. The van der Waals surface area contributed by atoms with E-state index in [1.165, 1.54) is 5.56 Å². The van der Waals surface area contributed by atoms with Gasteiger partial charge < -0.3 is 15.2 Å². The first-order valence-electron chi connectivity index (χ1n) is 7.86. The molecule has 0 aromatic heterocycles. The zero-order valence-electron chi connectivity index (χ0n) is 13.6. The molecule has 0 radical (unpaired) electrons.